The quantitative estimate of drug-likeness (QED) is 0.233. The summed E-state index contributed by atoms with van der Waals surface area (Å²) in [6, 6.07) is 21.5. The van der Waals surface area contributed by atoms with Crippen LogP contribution in [0.25, 0.3) is 5.76 Å². The van der Waals surface area contributed by atoms with Gasteiger partial charge in [0.05, 0.1) is 24.8 Å². The van der Waals surface area contributed by atoms with E-state index in [2.05, 4.69) is 4.90 Å². The van der Waals surface area contributed by atoms with Gasteiger partial charge in [0.1, 0.15) is 31.3 Å². The first-order chi connectivity index (χ1) is 20.6. The van der Waals surface area contributed by atoms with E-state index in [4.69, 9.17) is 18.9 Å². The molecule has 1 unspecified atom stereocenters. The molecule has 1 N–H and O–H groups in total. The highest BCUT2D eigenvalue weighted by atomic mass is 16.6. The Bertz CT molecular complexity index is 1450. The van der Waals surface area contributed by atoms with Crippen molar-refractivity contribution >= 4 is 17.4 Å². The third kappa shape index (κ3) is 5.98. The van der Waals surface area contributed by atoms with Crippen molar-refractivity contribution in [3.8, 4) is 17.2 Å². The number of morpholine rings is 1. The molecule has 3 aliphatic heterocycles. The zero-order valence-corrected chi connectivity index (χ0v) is 23.4. The van der Waals surface area contributed by atoms with Crippen molar-refractivity contribution in [1.82, 2.24) is 9.80 Å². The van der Waals surface area contributed by atoms with Gasteiger partial charge in [0.25, 0.3) is 11.7 Å². The van der Waals surface area contributed by atoms with Gasteiger partial charge in [0.15, 0.2) is 11.5 Å². The van der Waals surface area contributed by atoms with Gasteiger partial charge in [0, 0.05) is 31.7 Å². The summed E-state index contributed by atoms with van der Waals surface area (Å²) in [5, 5.41) is 11.5. The highest BCUT2D eigenvalue weighted by Crippen LogP contribution is 2.41. The Labute approximate surface area is 244 Å². The molecule has 3 heterocycles. The lowest BCUT2D eigenvalue weighted by Gasteiger charge is -2.29. The van der Waals surface area contributed by atoms with Crippen LogP contribution in [0.4, 0.5) is 0 Å². The zero-order valence-electron chi connectivity index (χ0n) is 23.4. The van der Waals surface area contributed by atoms with E-state index in [0.29, 0.717) is 74.4 Å². The Kier molecular flexibility index (Phi) is 8.39. The molecule has 3 aromatic rings. The van der Waals surface area contributed by atoms with E-state index in [-0.39, 0.29) is 11.3 Å². The van der Waals surface area contributed by atoms with E-state index in [0.717, 1.165) is 25.2 Å². The number of fused-ring (bicyclic) bond motifs is 1. The van der Waals surface area contributed by atoms with Gasteiger partial charge in [-0.1, -0.05) is 42.5 Å². The number of hydrogen-bond acceptors (Lipinski definition) is 8. The smallest absolute Gasteiger partial charge is 0.295 e. The van der Waals surface area contributed by atoms with Crippen LogP contribution in [-0.2, 0) is 20.9 Å². The van der Waals surface area contributed by atoms with E-state index in [1.54, 1.807) is 23.1 Å². The second-order valence-electron chi connectivity index (χ2n) is 10.5. The summed E-state index contributed by atoms with van der Waals surface area (Å²) in [4.78, 5) is 30.8. The maximum Gasteiger partial charge on any atom is 0.295 e. The Morgan fingerprint density at radius 3 is 2.36 bits per heavy atom. The van der Waals surface area contributed by atoms with Crippen LogP contribution < -0.4 is 14.2 Å². The van der Waals surface area contributed by atoms with Crippen LogP contribution in [0.2, 0.25) is 0 Å². The van der Waals surface area contributed by atoms with E-state index in [1.165, 1.54) is 0 Å². The average molecular weight is 571 g/mol. The molecular formula is C33H34N2O7. The Morgan fingerprint density at radius 2 is 1.60 bits per heavy atom. The van der Waals surface area contributed by atoms with Crippen molar-refractivity contribution in [3.63, 3.8) is 0 Å². The van der Waals surface area contributed by atoms with Gasteiger partial charge in [0.2, 0.25) is 0 Å². The fourth-order valence-corrected chi connectivity index (χ4v) is 5.58. The lowest BCUT2D eigenvalue weighted by molar-refractivity contribution is -0.140. The molecule has 42 heavy (non-hydrogen) atoms. The molecule has 0 spiro atoms. The monoisotopic (exact) mass is 570 g/mol. The molecule has 0 radical (unpaired) electrons. The van der Waals surface area contributed by atoms with Gasteiger partial charge in [-0.25, -0.2) is 0 Å². The predicted octanol–water partition coefficient (Wildman–Crippen LogP) is 4.18. The van der Waals surface area contributed by atoms with E-state index < -0.39 is 17.7 Å². The number of hydrogen-bond donors (Lipinski definition) is 1. The first-order valence-corrected chi connectivity index (χ1v) is 14.3. The Balaban J connectivity index is 1.29. The number of aliphatic hydroxyl groups is 1. The summed E-state index contributed by atoms with van der Waals surface area (Å²) in [5.74, 6) is 0.160. The standard InChI is InChI=1S/C33H34N2O7/c36-31(25-9-12-27-28(21-25)41-20-19-40-27)29-30(24-7-10-26(11-8-24)42-22-23-5-2-1-3-6-23)35(33(38)32(29)37)14-4-13-34-15-17-39-18-16-34/h1-3,5-12,21,30,36H,4,13-20,22H2. The summed E-state index contributed by atoms with van der Waals surface area (Å²) in [6.45, 7) is 5.49. The summed E-state index contributed by atoms with van der Waals surface area (Å²) in [5.41, 5.74) is 2.21. The Morgan fingerprint density at radius 1 is 0.857 bits per heavy atom. The van der Waals surface area contributed by atoms with Gasteiger partial charge in [-0.2, -0.15) is 0 Å². The van der Waals surface area contributed by atoms with Gasteiger partial charge in [-0.15, -0.1) is 0 Å². The lowest BCUT2D eigenvalue weighted by Crippen LogP contribution is -2.38. The normalized spacial score (nSPS) is 20.1. The molecule has 0 aromatic heterocycles. The number of ether oxygens (including phenoxy) is 4. The van der Waals surface area contributed by atoms with E-state index >= 15 is 0 Å². The van der Waals surface area contributed by atoms with Crippen molar-refractivity contribution in [2.45, 2.75) is 19.1 Å². The molecule has 1 atom stereocenters. The van der Waals surface area contributed by atoms with Crippen LogP contribution in [0.5, 0.6) is 17.2 Å². The number of amides is 1. The molecule has 6 rings (SSSR count). The number of ketones is 1. The molecule has 3 aliphatic rings. The van der Waals surface area contributed by atoms with Crippen molar-refractivity contribution in [3.05, 3.63) is 95.1 Å². The van der Waals surface area contributed by atoms with E-state index in [9.17, 15) is 14.7 Å². The number of rotatable bonds is 9. The topological polar surface area (TPSA) is 97.8 Å². The van der Waals surface area contributed by atoms with Crippen LogP contribution in [0.3, 0.4) is 0 Å². The van der Waals surface area contributed by atoms with Crippen molar-refractivity contribution < 1.29 is 33.6 Å². The fourth-order valence-electron chi connectivity index (χ4n) is 5.58. The molecule has 0 bridgehead atoms. The van der Waals surface area contributed by atoms with Crippen molar-refractivity contribution in [2.24, 2.45) is 0 Å². The number of aliphatic hydroxyl groups excluding tert-OH is 1. The second kappa shape index (κ2) is 12.7. The number of carbonyl (C=O) groups is 2. The number of Topliss-reactive ketones (excluding diaryl/α,β-unsaturated/α-hetero) is 1. The molecule has 2 fully saturated rings. The first-order valence-electron chi connectivity index (χ1n) is 14.3. The maximum absolute atomic E-state index is 13.5. The van der Waals surface area contributed by atoms with Gasteiger partial charge < -0.3 is 29.0 Å². The van der Waals surface area contributed by atoms with Crippen molar-refractivity contribution in [2.75, 3.05) is 52.6 Å². The molecular weight excluding hydrogens is 536 g/mol. The molecule has 218 valence electrons. The zero-order chi connectivity index (χ0) is 28.9. The molecule has 0 aliphatic carbocycles. The molecule has 9 nitrogen and oxygen atoms in total. The average Bonchev–Trinajstić information content (AvgIpc) is 3.29. The number of likely N-dealkylation sites (tertiary alicyclic amines) is 1. The van der Waals surface area contributed by atoms with Crippen molar-refractivity contribution in [1.29, 1.82) is 0 Å². The van der Waals surface area contributed by atoms with Crippen LogP contribution in [-0.4, -0.2) is 79.2 Å². The van der Waals surface area contributed by atoms with Crippen LogP contribution in [0.15, 0.2) is 78.4 Å². The summed E-state index contributed by atoms with van der Waals surface area (Å²) in [7, 11) is 0. The Hall–Kier alpha value is -4.34. The number of carbonyl (C=O) groups excluding carboxylic acids is 2. The molecule has 1 amide bonds. The molecule has 9 heteroatoms. The van der Waals surface area contributed by atoms with Gasteiger partial charge >= 0.3 is 0 Å². The maximum atomic E-state index is 13.5. The SMILES string of the molecule is O=C1C(=O)N(CCCN2CCOCC2)C(c2ccc(OCc3ccccc3)cc2)C1=C(O)c1ccc2c(c1)OCCO2. The van der Waals surface area contributed by atoms with Gasteiger partial charge in [-0.05, 0) is 47.9 Å². The highest BCUT2D eigenvalue weighted by Gasteiger charge is 2.46. The minimum atomic E-state index is -0.744. The van der Waals surface area contributed by atoms with Crippen LogP contribution in [0, 0.1) is 0 Å². The van der Waals surface area contributed by atoms with Crippen LogP contribution >= 0.6 is 0 Å². The van der Waals surface area contributed by atoms with Gasteiger partial charge in [-0.3, -0.25) is 14.5 Å². The fraction of sp³-hybridized carbons (Fsp3) is 0.333. The predicted molar refractivity (Wildman–Crippen MR) is 156 cm³/mol. The largest absolute Gasteiger partial charge is 0.507 e. The molecule has 3 aromatic carbocycles. The first kappa shape index (κ1) is 27.8. The summed E-state index contributed by atoms with van der Waals surface area (Å²) in [6.07, 6.45) is 0.686. The highest BCUT2D eigenvalue weighted by molar-refractivity contribution is 6.46. The third-order valence-corrected chi connectivity index (χ3v) is 7.78. The number of benzene rings is 3. The molecule has 0 saturated carbocycles. The summed E-state index contributed by atoms with van der Waals surface area (Å²) >= 11 is 0. The minimum Gasteiger partial charge on any atom is -0.507 e. The van der Waals surface area contributed by atoms with E-state index in [1.807, 2.05) is 54.6 Å². The third-order valence-electron chi connectivity index (χ3n) is 7.78. The number of nitrogens with zero attached hydrogens (tertiary/aromatic N) is 2. The van der Waals surface area contributed by atoms with Crippen LogP contribution in [0.1, 0.15) is 29.2 Å². The second-order valence-corrected chi connectivity index (χ2v) is 10.5. The molecule has 2 saturated heterocycles. The minimum absolute atomic E-state index is 0.0565. The lowest BCUT2D eigenvalue weighted by atomic mass is 9.95. The summed E-state index contributed by atoms with van der Waals surface area (Å²) < 4.78 is 22.7.